The fourth-order valence-corrected chi connectivity index (χ4v) is 4.15. The molecule has 0 bridgehead atoms. The zero-order valence-corrected chi connectivity index (χ0v) is 18.4. The summed E-state index contributed by atoms with van der Waals surface area (Å²) >= 11 is 0. The van der Waals surface area contributed by atoms with Crippen molar-refractivity contribution in [2.75, 3.05) is 25.2 Å². The number of furan rings is 1. The molecule has 0 radical (unpaired) electrons. The van der Waals surface area contributed by atoms with Crippen molar-refractivity contribution in [2.24, 2.45) is 4.99 Å². The van der Waals surface area contributed by atoms with E-state index >= 15 is 0 Å². The SMILES string of the molecule is CCOC(=O)c1c(N2CCc3ccc(OC)cc3C2)oc(/C=C2/C=Nc3ncccc32)c1O. The van der Waals surface area contributed by atoms with Crippen LogP contribution < -0.4 is 9.64 Å². The highest BCUT2D eigenvalue weighted by atomic mass is 16.5. The number of pyridine rings is 1. The Morgan fingerprint density at radius 1 is 1.30 bits per heavy atom. The van der Waals surface area contributed by atoms with E-state index in [1.165, 1.54) is 5.56 Å². The lowest BCUT2D eigenvalue weighted by Crippen LogP contribution is -2.31. The topological polar surface area (TPSA) is 97.4 Å². The lowest BCUT2D eigenvalue weighted by molar-refractivity contribution is 0.0523. The Morgan fingerprint density at radius 2 is 2.18 bits per heavy atom. The first-order valence-corrected chi connectivity index (χ1v) is 10.7. The number of aromatic hydroxyl groups is 1. The van der Waals surface area contributed by atoms with Gasteiger partial charge in [0, 0.05) is 36.6 Å². The fraction of sp³-hybridized carbons (Fsp3) is 0.240. The largest absolute Gasteiger partial charge is 0.504 e. The third kappa shape index (κ3) is 3.73. The van der Waals surface area contributed by atoms with Crippen LogP contribution >= 0.6 is 0 Å². The van der Waals surface area contributed by atoms with Crippen molar-refractivity contribution in [1.29, 1.82) is 0 Å². The number of rotatable bonds is 5. The Kier molecular flexibility index (Phi) is 5.34. The Hall–Kier alpha value is -4.07. The van der Waals surface area contributed by atoms with Crippen LogP contribution in [0.5, 0.6) is 11.5 Å². The minimum Gasteiger partial charge on any atom is -0.504 e. The van der Waals surface area contributed by atoms with E-state index in [0.29, 0.717) is 18.9 Å². The summed E-state index contributed by atoms with van der Waals surface area (Å²) in [7, 11) is 1.63. The highest BCUT2D eigenvalue weighted by molar-refractivity contribution is 6.21. The molecule has 0 unspecified atom stereocenters. The highest BCUT2D eigenvalue weighted by Gasteiger charge is 2.32. The maximum absolute atomic E-state index is 12.8. The van der Waals surface area contributed by atoms with Gasteiger partial charge in [0.05, 0.1) is 13.7 Å². The first-order chi connectivity index (χ1) is 16.1. The Morgan fingerprint density at radius 3 is 3.00 bits per heavy atom. The maximum Gasteiger partial charge on any atom is 0.347 e. The van der Waals surface area contributed by atoms with E-state index in [4.69, 9.17) is 13.9 Å². The van der Waals surface area contributed by atoms with Crippen molar-refractivity contribution < 1.29 is 23.8 Å². The molecule has 0 fully saturated rings. The summed E-state index contributed by atoms with van der Waals surface area (Å²) in [6, 6.07) is 9.69. The molecule has 1 N–H and O–H groups in total. The molecule has 0 spiro atoms. The molecule has 168 valence electrons. The van der Waals surface area contributed by atoms with Crippen LogP contribution in [0.3, 0.4) is 0 Å². The summed E-state index contributed by atoms with van der Waals surface area (Å²) in [6.45, 7) is 3.05. The normalized spacial score (nSPS) is 15.5. The number of aliphatic imine (C=N–C) groups is 1. The molecule has 8 heteroatoms. The summed E-state index contributed by atoms with van der Waals surface area (Å²) in [5.41, 5.74) is 3.88. The van der Waals surface area contributed by atoms with Crippen molar-refractivity contribution in [3.63, 3.8) is 0 Å². The summed E-state index contributed by atoms with van der Waals surface area (Å²) in [5, 5.41) is 11.0. The van der Waals surface area contributed by atoms with E-state index in [1.807, 2.05) is 29.2 Å². The molecule has 0 saturated carbocycles. The van der Waals surface area contributed by atoms with Crippen LogP contribution in [-0.4, -0.2) is 42.5 Å². The van der Waals surface area contributed by atoms with Gasteiger partial charge in [-0.25, -0.2) is 14.8 Å². The third-order valence-electron chi connectivity index (χ3n) is 5.79. The molecule has 2 aliphatic heterocycles. The summed E-state index contributed by atoms with van der Waals surface area (Å²) in [5.74, 6) is 0.939. The van der Waals surface area contributed by atoms with Crippen LogP contribution in [0.4, 0.5) is 11.7 Å². The van der Waals surface area contributed by atoms with Crippen molar-refractivity contribution in [3.8, 4) is 11.5 Å². The Balaban J connectivity index is 1.55. The summed E-state index contributed by atoms with van der Waals surface area (Å²) in [6.07, 6.45) is 5.76. The van der Waals surface area contributed by atoms with Gasteiger partial charge in [-0.3, -0.25) is 0 Å². The van der Waals surface area contributed by atoms with Crippen molar-refractivity contribution in [2.45, 2.75) is 19.9 Å². The molecule has 33 heavy (non-hydrogen) atoms. The van der Waals surface area contributed by atoms with Gasteiger partial charge in [-0.2, -0.15) is 0 Å². The molecule has 2 aliphatic rings. The van der Waals surface area contributed by atoms with E-state index < -0.39 is 5.97 Å². The van der Waals surface area contributed by atoms with Crippen LogP contribution in [0.25, 0.3) is 11.6 Å². The maximum atomic E-state index is 12.8. The summed E-state index contributed by atoms with van der Waals surface area (Å²) in [4.78, 5) is 23.2. The van der Waals surface area contributed by atoms with E-state index in [9.17, 15) is 9.90 Å². The number of esters is 1. The van der Waals surface area contributed by atoms with Gasteiger partial charge in [0.2, 0.25) is 5.88 Å². The number of benzene rings is 1. The molecule has 0 aliphatic carbocycles. The second-order valence-electron chi connectivity index (χ2n) is 7.75. The zero-order chi connectivity index (χ0) is 22.9. The molecule has 4 heterocycles. The third-order valence-corrected chi connectivity index (χ3v) is 5.79. The van der Waals surface area contributed by atoms with Crippen molar-refractivity contribution in [3.05, 3.63) is 64.5 Å². The number of hydrogen-bond donors (Lipinski definition) is 1. The number of aromatic nitrogens is 1. The number of carbonyl (C=O) groups is 1. The van der Waals surface area contributed by atoms with Gasteiger partial charge in [-0.05, 0) is 54.8 Å². The standard InChI is InChI=1S/C25H23N3O5/c1-3-32-25(30)21-22(29)20(12-16-13-27-23-19(16)5-4-9-26-23)33-24(21)28-10-8-15-6-7-18(31-2)11-17(15)14-28/h4-7,9,11-13,29H,3,8,10,14H2,1-2H3/b16-12-. The van der Waals surface area contributed by atoms with E-state index in [2.05, 4.69) is 16.0 Å². The minimum atomic E-state index is -0.628. The number of allylic oxidation sites excluding steroid dienone is 1. The molecular weight excluding hydrogens is 422 g/mol. The lowest BCUT2D eigenvalue weighted by atomic mass is 9.99. The number of nitrogens with zero attached hydrogens (tertiary/aromatic N) is 3. The van der Waals surface area contributed by atoms with Crippen LogP contribution in [0.2, 0.25) is 0 Å². The van der Waals surface area contributed by atoms with Gasteiger partial charge >= 0.3 is 5.97 Å². The van der Waals surface area contributed by atoms with E-state index in [-0.39, 0.29) is 29.6 Å². The predicted molar refractivity (Wildman–Crippen MR) is 124 cm³/mol. The van der Waals surface area contributed by atoms with Crippen molar-refractivity contribution in [1.82, 2.24) is 4.98 Å². The molecule has 8 nitrogen and oxygen atoms in total. The van der Waals surface area contributed by atoms with Gasteiger partial charge in [0.25, 0.3) is 0 Å². The second kappa shape index (κ2) is 8.46. The Bertz CT molecular complexity index is 1290. The number of fused-ring (bicyclic) bond motifs is 2. The van der Waals surface area contributed by atoms with Gasteiger partial charge < -0.3 is 23.9 Å². The smallest absolute Gasteiger partial charge is 0.347 e. The summed E-state index contributed by atoms with van der Waals surface area (Å²) < 4.78 is 16.7. The monoisotopic (exact) mass is 445 g/mol. The molecule has 5 rings (SSSR count). The number of carbonyl (C=O) groups excluding carboxylic acids is 1. The van der Waals surface area contributed by atoms with Gasteiger partial charge in [-0.15, -0.1) is 0 Å². The molecule has 0 saturated heterocycles. The van der Waals surface area contributed by atoms with Crippen LogP contribution in [0.15, 0.2) is 45.9 Å². The molecule has 2 aromatic heterocycles. The zero-order valence-electron chi connectivity index (χ0n) is 18.4. The van der Waals surface area contributed by atoms with Gasteiger partial charge in [0.1, 0.15) is 5.75 Å². The molecule has 3 aromatic rings. The number of anilines is 1. The Labute approximate surface area is 190 Å². The van der Waals surface area contributed by atoms with Crippen LogP contribution in [0, 0.1) is 0 Å². The van der Waals surface area contributed by atoms with E-state index in [0.717, 1.165) is 28.9 Å². The lowest BCUT2D eigenvalue weighted by Gasteiger charge is -2.29. The fourth-order valence-electron chi connectivity index (χ4n) is 4.15. The van der Waals surface area contributed by atoms with Crippen molar-refractivity contribution >= 4 is 35.5 Å². The highest BCUT2D eigenvalue weighted by Crippen LogP contribution is 2.41. The van der Waals surface area contributed by atoms with Crippen LogP contribution in [-0.2, 0) is 17.7 Å². The van der Waals surface area contributed by atoms with Crippen LogP contribution in [0.1, 0.15) is 39.7 Å². The van der Waals surface area contributed by atoms with Gasteiger partial charge in [-0.1, -0.05) is 6.07 Å². The van der Waals surface area contributed by atoms with Gasteiger partial charge in [0.15, 0.2) is 22.9 Å². The first-order valence-electron chi connectivity index (χ1n) is 10.7. The average Bonchev–Trinajstić information content (AvgIpc) is 3.39. The van der Waals surface area contributed by atoms with E-state index in [1.54, 1.807) is 32.5 Å². The minimum absolute atomic E-state index is 0.0244. The number of ether oxygens (including phenoxy) is 2. The first kappa shape index (κ1) is 20.8. The average molecular weight is 445 g/mol. The number of hydrogen-bond acceptors (Lipinski definition) is 8. The molecule has 1 aromatic carbocycles. The quantitative estimate of drug-likeness (QED) is 0.582. The molecule has 0 atom stereocenters. The molecule has 0 amide bonds. The second-order valence-corrected chi connectivity index (χ2v) is 7.75. The predicted octanol–water partition coefficient (Wildman–Crippen LogP) is 4.38. The molecular formula is C25H23N3O5. The number of methoxy groups -OCH3 is 1.